The Hall–Kier alpha value is -3.41. The number of nitrogens with one attached hydrogen (secondary N) is 1. The maximum atomic E-state index is 13.9. The van der Waals surface area contributed by atoms with Gasteiger partial charge in [0.1, 0.15) is 5.82 Å². The van der Waals surface area contributed by atoms with Gasteiger partial charge in [0.2, 0.25) is 11.8 Å². The summed E-state index contributed by atoms with van der Waals surface area (Å²) in [6, 6.07) is 21.4. The molecule has 2 aromatic carbocycles. The average Bonchev–Trinajstić information content (AvgIpc) is 3.15. The largest absolute Gasteiger partial charge is 0.332 e. The van der Waals surface area contributed by atoms with Crippen LogP contribution in [0.15, 0.2) is 66.7 Å². The van der Waals surface area contributed by atoms with Gasteiger partial charge >= 0.3 is 0 Å². The van der Waals surface area contributed by atoms with Gasteiger partial charge in [-0.05, 0) is 17.0 Å². The molecular weight excluding hydrogens is 424 g/mol. The summed E-state index contributed by atoms with van der Waals surface area (Å²) in [4.78, 5) is 28.6. The van der Waals surface area contributed by atoms with Crippen molar-refractivity contribution in [2.24, 2.45) is 13.0 Å². The van der Waals surface area contributed by atoms with Crippen LogP contribution in [-0.4, -0.2) is 39.6 Å². The van der Waals surface area contributed by atoms with Crippen molar-refractivity contribution >= 4 is 17.6 Å². The number of hydrogen-bond donors (Lipinski definition) is 1. The Kier molecular flexibility index (Phi) is 7.92. The number of anilines is 1. The van der Waals surface area contributed by atoms with Crippen LogP contribution >= 0.6 is 0 Å². The molecule has 0 radical (unpaired) electrons. The third kappa shape index (κ3) is 6.34. The van der Waals surface area contributed by atoms with Crippen LogP contribution in [0.4, 0.5) is 5.82 Å². The van der Waals surface area contributed by atoms with Crippen molar-refractivity contribution in [3.8, 4) is 0 Å². The third-order valence-electron chi connectivity index (χ3n) is 5.66. The minimum Gasteiger partial charge on any atom is -0.332 e. The van der Waals surface area contributed by atoms with E-state index in [1.807, 2.05) is 73.8 Å². The number of aryl methyl sites for hydroxylation is 1. The maximum absolute atomic E-state index is 13.9. The van der Waals surface area contributed by atoms with Gasteiger partial charge in [0.25, 0.3) is 0 Å². The molecule has 34 heavy (non-hydrogen) atoms. The van der Waals surface area contributed by atoms with Gasteiger partial charge in [0.15, 0.2) is 0 Å². The van der Waals surface area contributed by atoms with Crippen LogP contribution in [0.25, 0.3) is 0 Å². The lowest BCUT2D eigenvalue weighted by Crippen LogP contribution is -2.43. The van der Waals surface area contributed by atoms with E-state index in [4.69, 9.17) is 0 Å². The van der Waals surface area contributed by atoms with E-state index < -0.39 is 5.92 Å². The highest BCUT2D eigenvalue weighted by Gasteiger charge is 2.29. The first-order chi connectivity index (χ1) is 16.1. The fourth-order valence-electron chi connectivity index (χ4n) is 3.93. The molecule has 0 atom stereocenters. The Morgan fingerprint density at radius 1 is 0.971 bits per heavy atom. The molecule has 1 aromatic heterocycles. The molecule has 1 N–H and O–H groups in total. The molecule has 3 aromatic rings. The smallest absolute Gasteiger partial charge is 0.245 e. The fraction of sp³-hybridized carbons (Fsp3) is 0.393. The molecule has 0 saturated carbocycles. The number of aromatic nitrogens is 2. The molecule has 2 amide bonds. The highest BCUT2D eigenvalue weighted by atomic mass is 16.2. The highest BCUT2D eigenvalue weighted by Crippen LogP contribution is 2.28. The first kappa shape index (κ1) is 25.2. The molecule has 0 aliphatic carbocycles. The van der Waals surface area contributed by atoms with Gasteiger partial charge in [0.05, 0.1) is 18.2 Å². The Balaban J connectivity index is 1.86. The van der Waals surface area contributed by atoms with E-state index >= 15 is 0 Å². The van der Waals surface area contributed by atoms with E-state index in [1.165, 1.54) is 0 Å². The van der Waals surface area contributed by atoms with E-state index in [9.17, 15) is 9.59 Å². The Labute approximate surface area is 203 Å². The molecule has 180 valence electrons. The molecule has 6 heteroatoms. The molecule has 0 aliphatic rings. The van der Waals surface area contributed by atoms with Crippen LogP contribution in [0.3, 0.4) is 0 Å². The number of hydrogen-bond acceptors (Lipinski definition) is 3. The standard InChI is InChI=1S/C28H36N4O2/c1-20(2)18-32(19-25(33)29-24-17-23(28(3,4)5)30-31(24)6)27(34)26(21-13-9-7-10-14-21)22-15-11-8-12-16-22/h7-17,20,26H,18-19H2,1-6H3,(H,29,33). The second kappa shape index (κ2) is 10.7. The summed E-state index contributed by atoms with van der Waals surface area (Å²) in [6.07, 6.45) is 0. The van der Waals surface area contributed by atoms with E-state index in [1.54, 1.807) is 9.58 Å². The topological polar surface area (TPSA) is 67.2 Å². The van der Waals surface area contributed by atoms with Crippen LogP contribution in [0.2, 0.25) is 0 Å². The SMILES string of the molecule is CC(C)CN(CC(=O)Nc1cc(C(C)(C)C)nn1C)C(=O)C(c1ccccc1)c1ccccc1. The summed E-state index contributed by atoms with van der Waals surface area (Å²) in [7, 11) is 1.81. The number of carbonyl (C=O) groups is 2. The Morgan fingerprint density at radius 3 is 1.94 bits per heavy atom. The minimum absolute atomic E-state index is 0.0246. The summed E-state index contributed by atoms with van der Waals surface area (Å²) < 4.78 is 1.67. The highest BCUT2D eigenvalue weighted by molar-refractivity contribution is 5.96. The van der Waals surface area contributed by atoms with Gasteiger partial charge in [-0.3, -0.25) is 14.3 Å². The quantitative estimate of drug-likeness (QED) is 0.516. The van der Waals surface area contributed by atoms with Crippen molar-refractivity contribution in [3.63, 3.8) is 0 Å². The van der Waals surface area contributed by atoms with Gasteiger partial charge in [-0.25, -0.2) is 0 Å². The van der Waals surface area contributed by atoms with Crippen molar-refractivity contribution in [1.82, 2.24) is 14.7 Å². The van der Waals surface area contributed by atoms with Crippen LogP contribution in [0, 0.1) is 5.92 Å². The zero-order valence-electron chi connectivity index (χ0n) is 21.1. The second-order valence-electron chi connectivity index (χ2n) is 10.2. The number of rotatable bonds is 8. The van der Waals surface area contributed by atoms with Crippen molar-refractivity contribution in [3.05, 3.63) is 83.6 Å². The van der Waals surface area contributed by atoms with Crippen molar-refractivity contribution in [2.75, 3.05) is 18.4 Å². The minimum atomic E-state index is -0.474. The van der Waals surface area contributed by atoms with Crippen LogP contribution < -0.4 is 5.32 Å². The van der Waals surface area contributed by atoms with Crippen LogP contribution in [-0.2, 0) is 22.1 Å². The zero-order chi connectivity index (χ0) is 24.9. The molecule has 0 aliphatic heterocycles. The summed E-state index contributed by atoms with van der Waals surface area (Å²) in [5.41, 5.74) is 2.59. The lowest BCUT2D eigenvalue weighted by Gasteiger charge is -2.29. The van der Waals surface area contributed by atoms with Crippen molar-refractivity contribution in [1.29, 1.82) is 0 Å². The Morgan fingerprint density at radius 2 is 1.50 bits per heavy atom. The number of nitrogens with zero attached hydrogens (tertiary/aromatic N) is 3. The number of carbonyl (C=O) groups excluding carboxylic acids is 2. The van der Waals surface area contributed by atoms with E-state index in [0.717, 1.165) is 16.8 Å². The molecule has 0 unspecified atom stereocenters. The molecule has 0 fully saturated rings. The summed E-state index contributed by atoms with van der Waals surface area (Å²) in [5, 5.41) is 7.47. The average molecular weight is 461 g/mol. The molecular formula is C28H36N4O2. The van der Waals surface area contributed by atoms with Gasteiger partial charge in [0, 0.05) is 25.1 Å². The van der Waals surface area contributed by atoms with Gasteiger partial charge in [-0.2, -0.15) is 5.10 Å². The monoisotopic (exact) mass is 460 g/mol. The maximum Gasteiger partial charge on any atom is 0.245 e. The summed E-state index contributed by atoms with van der Waals surface area (Å²) >= 11 is 0. The predicted octanol–water partition coefficient (Wildman–Crippen LogP) is 4.97. The van der Waals surface area contributed by atoms with Crippen molar-refractivity contribution < 1.29 is 9.59 Å². The second-order valence-corrected chi connectivity index (χ2v) is 10.2. The molecule has 0 spiro atoms. The van der Waals surface area contributed by atoms with Crippen molar-refractivity contribution in [2.45, 2.75) is 46.0 Å². The number of amides is 2. The van der Waals surface area contributed by atoms with E-state index in [0.29, 0.717) is 12.4 Å². The third-order valence-corrected chi connectivity index (χ3v) is 5.66. The first-order valence-electron chi connectivity index (χ1n) is 11.8. The van der Waals surface area contributed by atoms with Gasteiger partial charge in [-0.15, -0.1) is 0 Å². The lowest BCUT2D eigenvalue weighted by atomic mass is 9.89. The van der Waals surface area contributed by atoms with E-state index in [-0.39, 0.29) is 29.7 Å². The Bertz CT molecular complexity index is 1060. The lowest BCUT2D eigenvalue weighted by molar-refractivity contribution is -0.135. The molecule has 1 heterocycles. The van der Waals surface area contributed by atoms with Crippen LogP contribution in [0.1, 0.15) is 57.4 Å². The molecule has 6 nitrogen and oxygen atoms in total. The molecule has 0 bridgehead atoms. The zero-order valence-corrected chi connectivity index (χ0v) is 21.1. The molecule has 3 rings (SSSR count). The van der Waals surface area contributed by atoms with E-state index in [2.05, 4.69) is 45.0 Å². The van der Waals surface area contributed by atoms with Gasteiger partial charge < -0.3 is 10.2 Å². The first-order valence-corrected chi connectivity index (χ1v) is 11.8. The normalized spacial score (nSPS) is 11.6. The van der Waals surface area contributed by atoms with Crippen LogP contribution in [0.5, 0.6) is 0 Å². The predicted molar refractivity (Wildman–Crippen MR) is 137 cm³/mol. The fourth-order valence-corrected chi connectivity index (χ4v) is 3.93. The van der Waals surface area contributed by atoms with Gasteiger partial charge in [-0.1, -0.05) is 95.3 Å². The summed E-state index contributed by atoms with van der Waals surface area (Å²) in [5.74, 6) is 0.0415. The molecule has 0 saturated heterocycles. The summed E-state index contributed by atoms with van der Waals surface area (Å²) in [6.45, 7) is 10.8. The number of benzene rings is 2.